The van der Waals surface area contributed by atoms with Crippen LogP contribution >= 0.6 is 0 Å². The fourth-order valence-electron chi connectivity index (χ4n) is 4.14. The molecule has 1 aromatic carbocycles. The topological polar surface area (TPSA) is 97.9 Å². The summed E-state index contributed by atoms with van der Waals surface area (Å²) in [5.41, 5.74) is 1.54. The average Bonchev–Trinajstić information content (AvgIpc) is 3.34. The highest BCUT2D eigenvalue weighted by Gasteiger charge is 2.23. The number of anilines is 1. The van der Waals surface area contributed by atoms with Crippen molar-refractivity contribution in [3.05, 3.63) is 70.9 Å². The SMILES string of the molecule is COc1ccc(-c2cc3c(=O)n(CC(=O)N4CCN(c5ccccn5)CC4)nc(C)n3n2)cc1. The van der Waals surface area contributed by atoms with Gasteiger partial charge in [-0.25, -0.2) is 14.2 Å². The van der Waals surface area contributed by atoms with Crippen LogP contribution in [-0.4, -0.2) is 68.5 Å². The van der Waals surface area contributed by atoms with Crippen LogP contribution in [0.5, 0.6) is 5.75 Å². The maximum atomic E-state index is 13.1. The van der Waals surface area contributed by atoms with Crippen LogP contribution in [0.2, 0.25) is 0 Å². The van der Waals surface area contributed by atoms with E-state index >= 15 is 0 Å². The van der Waals surface area contributed by atoms with Gasteiger partial charge >= 0.3 is 0 Å². The number of carbonyl (C=O) groups is 1. The molecule has 1 saturated heterocycles. The Hall–Kier alpha value is -4.21. The molecule has 174 valence electrons. The van der Waals surface area contributed by atoms with Crippen molar-refractivity contribution in [3.63, 3.8) is 0 Å². The van der Waals surface area contributed by atoms with E-state index in [2.05, 4.69) is 20.1 Å². The number of benzene rings is 1. The van der Waals surface area contributed by atoms with Crippen molar-refractivity contribution in [1.29, 1.82) is 0 Å². The molecule has 1 amide bonds. The van der Waals surface area contributed by atoms with E-state index in [-0.39, 0.29) is 18.0 Å². The van der Waals surface area contributed by atoms with Crippen LogP contribution < -0.4 is 15.2 Å². The number of ether oxygens (including phenoxy) is 1. The maximum absolute atomic E-state index is 13.1. The van der Waals surface area contributed by atoms with Gasteiger partial charge in [0, 0.05) is 37.9 Å². The molecule has 4 heterocycles. The summed E-state index contributed by atoms with van der Waals surface area (Å²) in [5, 5.41) is 8.89. The molecule has 1 aliphatic heterocycles. The number of hydrogen-bond acceptors (Lipinski definition) is 7. The quantitative estimate of drug-likeness (QED) is 0.447. The molecule has 1 aliphatic rings. The number of aryl methyl sites for hydroxylation is 1. The van der Waals surface area contributed by atoms with Crippen LogP contribution in [0.15, 0.2) is 59.5 Å². The Morgan fingerprint density at radius 1 is 1.03 bits per heavy atom. The number of aromatic nitrogens is 5. The van der Waals surface area contributed by atoms with Gasteiger partial charge in [0.1, 0.15) is 29.5 Å². The van der Waals surface area contributed by atoms with Gasteiger partial charge < -0.3 is 14.5 Å². The number of carbonyl (C=O) groups excluding carboxylic acids is 1. The van der Waals surface area contributed by atoms with Crippen molar-refractivity contribution in [1.82, 2.24) is 29.3 Å². The molecule has 0 atom stereocenters. The molecule has 1 fully saturated rings. The highest BCUT2D eigenvalue weighted by Crippen LogP contribution is 2.22. The number of amides is 1. The Balaban J connectivity index is 1.33. The highest BCUT2D eigenvalue weighted by atomic mass is 16.5. The molecule has 0 unspecified atom stereocenters. The molecule has 10 heteroatoms. The number of pyridine rings is 1. The van der Waals surface area contributed by atoms with Gasteiger partial charge in [-0.1, -0.05) is 6.07 Å². The molecule has 4 aromatic rings. The first-order chi connectivity index (χ1) is 16.5. The lowest BCUT2D eigenvalue weighted by Gasteiger charge is -2.35. The molecule has 3 aromatic heterocycles. The van der Waals surface area contributed by atoms with Crippen LogP contribution in [-0.2, 0) is 11.3 Å². The zero-order valence-electron chi connectivity index (χ0n) is 19.1. The predicted octanol–water partition coefficient (Wildman–Crippen LogP) is 1.62. The first kappa shape index (κ1) is 21.6. The molecule has 5 rings (SSSR count). The lowest BCUT2D eigenvalue weighted by atomic mass is 10.1. The third-order valence-electron chi connectivity index (χ3n) is 6.01. The van der Waals surface area contributed by atoms with Gasteiger partial charge in [-0.3, -0.25) is 9.59 Å². The summed E-state index contributed by atoms with van der Waals surface area (Å²) in [5.74, 6) is 2.05. The number of hydrogen-bond donors (Lipinski definition) is 0. The molecule has 34 heavy (non-hydrogen) atoms. The Morgan fingerprint density at radius 2 is 1.79 bits per heavy atom. The minimum atomic E-state index is -0.349. The maximum Gasteiger partial charge on any atom is 0.293 e. The summed E-state index contributed by atoms with van der Waals surface area (Å²) in [6, 6.07) is 15.0. The van der Waals surface area contributed by atoms with Gasteiger partial charge in [0.25, 0.3) is 5.56 Å². The first-order valence-corrected chi connectivity index (χ1v) is 11.1. The minimum absolute atomic E-state index is 0.108. The van der Waals surface area contributed by atoms with Gasteiger partial charge in [0.2, 0.25) is 5.91 Å². The van der Waals surface area contributed by atoms with Crippen LogP contribution in [0.3, 0.4) is 0 Å². The number of nitrogens with zero attached hydrogens (tertiary/aromatic N) is 7. The lowest BCUT2D eigenvalue weighted by molar-refractivity contribution is -0.132. The second kappa shape index (κ2) is 8.97. The summed E-state index contributed by atoms with van der Waals surface area (Å²) < 4.78 is 7.96. The van der Waals surface area contributed by atoms with Crippen LogP contribution in [0, 0.1) is 6.92 Å². The molecule has 0 saturated carbocycles. The highest BCUT2D eigenvalue weighted by molar-refractivity contribution is 5.76. The van der Waals surface area contributed by atoms with E-state index in [0.29, 0.717) is 43.2 Å². The van der Waals surface area contributed by atoms with E-state index in [4.69, 9.17) is 4.74 Å². The fourth-order valence-corrected chi connectivity index (χ4v) is 4.14. The van der Waals surface area contributed by atoms with Crippen molar-refractivity contribution in [2.45, 2.75) is 13.5 Å². The smallest absolute Gasteiger partial charge is 0.293 e. The van der Waals surface area contributed by atoms with Crippen molar-refractivity contribution in [3.8, 4) is 17.0 Å². The monoisotopic (exact) mass is 459 g/mol. The lowest BCUT2D eigenvalue weighted by Crippen LogP contribution is -2.50. The molecule has 0 bridgehead atoms. The number of rotatable bonds is 5. The van der Waals surface area contributed by atoms with E-state index in [1.54, 1.807) is 31.2 Å². The summed E-state index contributed by atoms with van der Waals surface area (Å²) in [6.07, 6.45) is 1.76. The summed E-state index contributed by atoms with van der Waals surface area (Å²) in [4.78, 5) is 34.4. The van der Waals surface area contributed by atoms with Gasteiger partial charge in [-0.2, -0.15) is 10.2 Å². The summed E-state index contributed by atoms with van der Waals surface area (Å²) in [7, 11) is 1.61. The van der Waals surface area contributed by atoms with E-state index in [1.165, 1.54) is 9.20 Å². The second-order valence-electron chi connectivity index (χ2n) is 8.12. The molecular weight excluding hydrogens is 434 g/mol. The Labute approximate surface area is 196 Å². The van der Waals surface area contributed by atoms with Gasteiger partial charge in [0.05, 0.1) is 12.8 Å². The Bertz CT molecular complexity index is 1370. The zero-order valence-corrected chi connectivity index (χ0v) is 19.1. The molecule has 0 radical (unpaired) electrons. The fraction of sp³-hybridized carbons (Fsp3) is 0.292. The molecule has 10 nitrogen and oxygen atoms in total. The molecular formula is C24H25N7O3. The Morgan fingerprint density at radius 3 is 2.47 bits per heavy atom. The number of methoxy groups -OCH3 is 1. The standard InChI is InChI=1S/C24H25N7O3/c1-17-26-30(16-23(32)29-13-11-28(12-14-29)22-5-3-4-10-25-22)24(33)21-15-20(27-31(17)21)18-6-8-19(34-2)9-7-18/h3-10,15H,11-14,16H2,1-2H3. The largest absolute Gasteiger partial charge is 0.497 e. The van der Waals surface area contributed by atoms with E-state index in [0.717, 1.165) is 17.1 Å². The van der Waals surface area contributed by atoms with Crippen molar-refractivity contribution >= 4 is 17.2 Å². The van der Waals surface area contributed by atoms with Crippen molar-refractivity contribution in [2.75, 3.05) is 38.2 Å². The summed E-state index contributed by atoms with van der Waals surface area (Å²) >= 11 is 0. The summed E-state index contributed by atoms with van der Waals surface area (Å²) in [6.45, 7) is 4.18. The normalized spacial score (nSPS) is 13.9. The van der Waals surface area contributed by atoms with E-state index in [1.807, 2.05) is 42.5 Å². The Kier molecular flexibility index (Phi) is 5.70. The zero-order chi connectivity index (χ0) is 23.7. The van der Waals surface area contributed by atoms with Crippen LogP contribution in [0.4, 0.5) is 5.82 Å². The third-order valence-corrected chi connectivity index (χ3v) is 6.01. The van der Waals surface area contributed by atoms with Gasteiger partial charge in [0.15, 0.2) is 0 Å². The van der Waals surface area contributed by atoms with Gasteiger partial charge in [-0.05, 0) is 49.4 Å². The molecule has 0 N–H and O–H groups in total. The third kappa shape index (κ3) is 4.09. The minimum Gasteiger partial charge on any atom is -0.497 e. The second-order valence-corrected chi connectivity index (χ2v) is 8.12. The predicted molar refractivity (Wildman–Crippen MR) is 127 cm³/mol. The molecule has 0 aliphatic carbocycles. The van der Waals surface area contributed by atoms with Gasteiger partial charge in [-0.15, -0.1) is 0 Å². The molecule has 0 spiro atoms. The number of fused-ring (bicyclic) bond motifs is 1. The van der Waals surface area contributed by atoms with E-state index < -0.39 is 0 Å². The van der Waals surface area contributed by atoms with Crippen LogP contribution in [0.25, 0.3) is 16.8 Å². The number of piperazine rings is 1. The first-order valence-electron chi connectivity index (χ1n) is 11.1. The average molecular weight is 460 g/mol. The van der Waals surface area contributed by atoms with E-state index in [9.17, 15) is 9.59 Å². The van der Waals surface area contributed by atoms with Crippen molar-refractivity contribution < 1.29 is 9.53 Å². The van der Waals surface area contributed by atoms with Crippen LogP contribution in [0.1, 0.15) is 5.82 Å². The van der Waals surface area contributed by atoms with Crippen molar-refractivity contribution in [2.24, 2.45) is 0 Å².